The second-order valence-corrected chi connectivity index (χ2v) is 2.51. The van der Waals surface area contributed by atoms with Crippen molar-refractivity contribution < 1.29 is 18.3 Å². The second-order valence-electron chi connectivity index (χ2n) is 2.10. The molecular weight excluding hydrogens is 193 g/mol. The SMILES string of the molecule is OC(Cl)c1ccc(F)c(F)c1F. The summed E-state index contributed by atoms with van der Waals surface area (Å²) in [6.07, 6.45) is 0. The number of aliphatic hydroxyl groups excluding tert-OH is 1. The minimum Gasteiger partial charge on any atom is -0.373 e. The number of hydrogen-bond donors (Lipinski definition) is 1. The summed E-state index contributed by atoms with van der Waals surface area (Å²) in [6.45, 7) is 0. The summed E-state index contributed by atoms with van der Waals surface area (Å²) in [5.74, 6) is -4.40. The Kier molecular flexibility index (Phi) is 2.59. The van der Waals surface area contributed by atoms with Crippen molar-refractivity contribution in [3.63, 3.8) is 0 Å². The summed E-state index contributed by atoms with van der Waals surface area (Å²) in [6, 6.07) is 1.57. The van der Waals surface area contributed by atoms with Crippen LogP contribution in [-0.2, 0) is 0 Å². The molecule has 0 saturated carbocycles. The topological polar surface area (TPSA) is 20.2 Å². The van der Waals surface area contributed by atoms with E-state index < -0.39 is 28.6 Å². The van der Waals surface area contributed by atoms with Gasteiger partial charge >= 0.3 is 0 Å². The predicted octanol–water partition coefficient (Wildman–Crippen LogP) is 2.33. The smallest absolute Gasteiger partial charge is 0.194 e. The minimum absolute atomic E-state index is 0.476. The van der Waals surface area contributed by atoms with Gasteiger partial charge in [-0.25, -0.2) is 13.2 Å². The Hall–Kier alpha value is -0.740. The third-order valence-corrected chi connectivity index (χ3v) is 1.56. The average molecular weight is 197 g/mol. The summed E-state index contributed by atoms with van der Waals surface area (Å²) in [5, 5.41) is 8.66. The Bertz CT molecular complexity index is 301. The van der Waals surface area contributed by atoms with Crippen molar-refractivity contribution in [2.75, 3.05) is 0 Å². The fraction of sp³-hybridized carbons (Fsp3) is 0.143. The largest absolute Gasteiger partial charge is 0.373 e. The fourth-order valence-electron chi connectivity index (χ4n) is 0.725. The summed E-state index contributed by atoms with van der Waals surface area (Å²) >= 11 is 5.06. The highest BCUT2D eigenvalue weighted by Crippen LogP contribution is 2.23. The summed E-state index contributed by atoms with van der Waals surface area (Å²) < 4.78 is 37.4. The van der Waals surface area contributed by atoms with Crippen LogP contribution in [0.3, 0.4) is 0 Å². The maximum Gasteiger partial charge on any atom is 0.194 e. The minimum atomic E-state index is -1.67. The summed E-state index contributed by atoms with van der Waals surface area (Å²) in [4.78, 5) is 0. The number of aliphatic hydroxyl groups is 1. The Morgan fingerprint density at radius 1 is 1.17 bits per heavy atom. The molecule has 1 aromatic rings. The van der Waals surface area contributed by atoms with E-state index in [-0.39, 0.29) is 0 Å². The van der Waals surface area contributed by atoms with Gasteiger partial charge in [0.15, 0.2) is 23.0 Å². The van der Waals surface area contributed by atoms with Crippen molar-refractivity contribution in [3.05, 3.63) is 35.1 Å². The number of hydrogen-bond acceptors (Lipinski definition) is 1. The predicted molar refractivity (Wildman–Crippen MR) is 37.1 cm³/mol. The van der Waals surface area contributed by atoms with Gasteiger partial charge in [0.05, 0.1) is 0 Å². The number of benzene rings is 1. The average Bonchev–Trinajstić information content (AvgIpc) is 2.00. The zero-order valence-corrected chi connectivity index (χ0v) is 6.45. The molecule has 1 nitrogen and oxygen atoms in total. The van der Waals surface area contributed by atoms with Crippen LogP contribution in [-0.4, -0.2) is 5.11 Å². The van der Waals surface area contributed by atoms with Crippen LogP contribution in [0.2, 0.25) is 0 Å². The molecule has 1 atom stereocenters. The summed E-state index contributed by atoms with van der Waals surface area (Å²) in [5.41, 5.74) is -2.14. The molecule has 1 unspecified atom stereocenters. The molecule has 0 heterocycles. The van der Waals surface area contributed by atoms with Crippen LogP contribution in [0, 0.1) is 17.5 Å². The molecule has 0 saturated heterocycles. The van der Waals surface area contributed by atoms with Gasteiger partial charge in [-0.15, -0.1) is 0 Å². The van der Waals surface area contributed by atoms with Crippen LogP contribution in [0.4, 0.5) is 13.2 Å². The molecule has 0 aliphatic carbocycles. The maximum atomic E-state index is 12.7. The van der Waals surface area contributed by atoms with Crippen molar-refractivity contribution >= 4 is 11.6 Å². The highest BCUT2D eigenvalue weighted by Gasteiger charge is 2.16. The van der Waals surface area contributed by atoms with Gasteiger partial charge in [-0.1, -0.05) is 11.6 Å². The molecule has 1 rings (SSSR count). The van der Waals surface area contributed by atoms with Crippen LogP contribution in [0.15, 0.2) is 12.1 Å². The van der Waals surface area contributed by atoms with Gasteiger partial charge < -0.3 is 5.11 Å². The van der Waals surface area contributed by atoms with E-state index in [4.69, 9.17) is 16.7 Å². The first-order valence-electron chi connectivity index (χ1n) is 2.99. The monoisotopic (exact) mass is 196 g/mol. The van der Waals surface area contributed by atoms with E-state index in [9.17, 15) is 13.2 Å². The maximum absolute atomic E-state index is 12.7. The Labute approximate surface area is 71.4 Å². The molecule has 5 heteroatoms. The molecule has 0 aromatic heterocycles. The molecule has 1 aromatic carbocycles. The van der Waals surface area contributed by atoms with E-state index in [0.717, 1.165) is 6.07 Å². The fourth-order valence-corrected chi connectivity index (χ4v) is 0.893. The summed E-state index contributed by atoms with van der Waals surface area (Å²) in [7, 11) is 0. The Morgan fingerprint density at radius 3 is 2.25 bits per heavy atom. The van der Waals surface area contributed by atoms with Crippen molar-refractivity contribution in [2.45, 2.75) is 5.56 Å². The molecule has 0 spiro atoms. The van der Waals surface area contributed by atoms with E-state index in [0.29, 0.717) is 6.07 Å². The van der Waals surface area contributed by atoms with Crippen LogP contribution in [0.25, 0.3) is 0 Å². The molecule has 0 aliphatic heterocycles. The zero-order chi connectivity index (χ0) is 9.30. The lowest BCUT2D eigenvalue weighted by molar-refractivity contribution is 0.254. The lowest BCUT2D eigenvalue weighted by Gasteiger charge is -2.04. The third-order valence-electron chi connectivity index (χ3n) is 1.32. The van der Waals surface area contributed by atoms with Gasteiger partial charge in [-0.3, -0.25) is 0 Å². The molecular formula is C7H4ClF3O. The standard InChI is InChI=1S/C7H4ClF3O/c8-7(12)3-1-2-4(9)6(11)5(3)10/h1-2,7,12H. The van der Waals surface area contributed by atoms with Gasteiger partial charge in [0.1, 0.15) is 0 Å². The molecule has 66 valence electrons. The van der Waals surface area contributed by atoms with E-state index in [1.54, 1.807) is 0 Å². The van der Waals surface area contributed by atoms with Crippen molar-refractivity contribution in [3.8, 4) is 0 Å². The molecule has 0 bridgehead atoms. The molecule has 0 amide bonds. The number of alkyl halides is 1. The second kappa shape index (κ2) is 3.33. The van der Waals surface area contributed by atoms with Crippen LogP contribution < -0.4 is 0 Å². The van der Waals surface area contributed by atoms with Gasteiger partial charge in [0, 0.05) is 5.56 Å². The first-order chi connectivity index (χ1) is 5.54. The van der Waals surface area contributed by atoms with Crippen LogP contribution in [0.1, 0.15) is 11.1 Å². The van der Waals surface area contributed by atoms with Gasteiger partial charge in [-0.2, -0.15) is 0 Å². The highest BCUT2D eigenvalue weighted by molar-refractivity contribution is 6.19. The van der Waals surface area contributed by atoms with Crippen molar-refractivity contribution in [1.29, 1.82) is 0 Å². The highest BCUT2D eigenvalue weighted by atomic mass is 35.5. The van der Waals surface area contributed by atoms with Crippen molar-refractivity contribution in [1.82, 2.24) is 0 Å². The molecule has 0 aliphatic rings. The van der Waals surface area contributed by atoms with Crippen LogP contribution >= 0.6 is 11.6 Å². The van der Waals surface area contributed by atoms with E-state index in [2.05, 4.69) is 0 Å². The number of rotatable bonds is 1. The lowest BCUT2D eigenvalue weighted by Crippen LogP contribution is -1.99. The molecule has 0 fully saturated rings. The van der Waals surface area contributed by atoms with Gasteiger partial charge in [-0.05, 0) is 12.1 Å². The van der Waals surface area contributed by atoms with Crippen LogP contribution in [0.5, 0.6) is 0 Å². The quantitative estimate of drug-likeness (QED) is 0.540. The Morgan fingerprint density at radius 2 is 1.75 bits per heavy atom. The first kappa shape index (κ1) is 9.35. The number of halogens is 4. The molecule has 1 N–H and O–H groups in total. The lowest BCUT2D eigenvalue weighted by atomic mass is 10.2. The normalized spacial score (nSPS) is 13.1. The molecule has 0 radical (unpaired) electrons. The van der Waals surface area contributed by atoms with E-state index >= 15 is 0 Å². The van der Waals surface area contributed by atoms with E-state index in [1.807, 2.05) is 0 Å². The molecule has 12 heavy (non-hydrogen) atoms. The zero-order valence-electron chi connectivity index (χ0n) is 5.69. The third kappa shape index (κ3) is 1.54. The first-order valence-corrected chi connectivity index (χ1v) is 3.43. The Balaban J connectivity index is 3.27. The van der Waals surface area contributed by atoms with Gasteiger partial charge in [0.2, 0.25) is 0 Å². The van der Waals surface area contributed by atoms with E-state index in [1.165, 1.54) is 0 Å². The van der Waals surface area contributed by atoms with Crippen molar-refractivity contribution in [2.24, 2.45) is 0 Å². The van der Waals surface area contributed by atoms with Gasteiger partial charge in [0.25, 0.3) is 0 Å².